The Morgan fingerprint density at radius 2 is 2.35 bits per heavy atom. The van der Waals surface area contributed by atoms with Crippen molar-refractivity contribution in [2.75, 3.05) is 19.7 Å². The largest absolute Gasteiger partial charge is 0.374 e. The summed E-state index contributed by atoms with van der Waals surface area (Å²) in [6, 6.07) is 0. The van der Waals surface area contributed by atoms with Crippen molar-refractivity contribution in [1.82, 2.24) is 15.1 Å². The summed E-state index contributed by atoms with van der Waals surface area (Å²) in [7, 11) is 0. The Balaban J connectivity index is 1.96. The second-order valence-electron chi connectivity index (χ2n) is 4.50. The van der Waals surface area contributed by atoms with Crippen molar-refractivity contribution >= 4 is 11.6 Å². The van der Waals surface area contributed by atoms with Gasteiger partial charge < -0.3 is 9.64 Å². The number of piperidine rings is 1. The number of nitrogens with one attached hydrogen (secondary N) is 1. The lowest BCUT2D eigenvalue weighted by Crippen LogP contribution is -2.41. The molecule has 1 N–H and O–H groups in total. The van der Waals surface area contributed by atoms with E-state index in [1.54, 1.807) is 11.0 Å². The number of nitrogens with zero attached hydrogens (tertiary/aromatic N) is 3. The Morgan fingerprint density at radius 1 is 1.65 bits per heavy atom. The topological polar surface area (TPSA) is 101 Å². The van der Waals surface area contributed by atoms with Crippen LogP contribution in [0, 0.1) is 10.1 Å². The summed E-state index contributed by atoms with van der Waals surface area (Å²) in [5, 5.41) is 16.8. The minimum atomic E-state index is -0.614. The molecule has 1 amide bonds. The second kappa shape index (κ2) is 6.29. The van der Waals surface area contributed by atoms with Crippen LogP contribution in [0.15, 0.2) is 18.9 Å². The molecule has 1 fully saturated rings. The number of nitro groups is 1. The summed E-state index contributed by atoms with van der Waals surface area (Å²) in [5.74, 6) is -0.392. The lowest BCUT2D eigenvalue weighted by molar-refractivity contribution is -0.385. The van der Waals surface area contributed by atoms with Gasteiger partial charge in [0, 0.05) is 13.1 Å². The molecule has 1 aromatic rings. The molecule has 1 aromatic heterocycles. The van der Waals surface area contributed by atoms with E-state index in [1.165, 1.54) is 0 Å². The molecule has 0 aliphatic carbocycles. The Labute approximate surface area is 115 Å². The molecule has 0 atom stereocenters. The Bertz CT molecular complexity index is 505. The maximum Gasteiger partial charge on any atom is 0.319 e. The molecule has 0 aromatic carbocycles. The summed E-state index contributed by atoms with van der Waals surface area (Å²) in [5.41, 5.74) is -0.361. The normalized spacial score (nSPS) is 16.1. The van der Waals surface area contributed by atoms with Crippen molar-refractivity contribution < 1.29 is 14.5 Å². The summed E-state index contributed by atoms with van der Waals surface area (Å²) < 4.78 is 5.53. The van der Waals surface area contributed by atoms with Gasteiger partial charge in [-0.3, -0.25) is 20.0 Å². The molecule has 0 bridgehead atoms. The van der Waals surface area contributed by atoms with E-state index >= 15 is 0 Å². The Kier molecular flexibility index (Phi) is 4.46. The number of ether oxygens (including phenoxy) is 1. The van der Waals surface area contributed by atoms with Crippen LogP contribution < -0.4 is 0 Å². The average Bonchev–Trinajstić information content (AvgIpc) is 2.94. The SMILES string of the molecule is C=CCOC1CCN(C(=O)c2[nH]ncc2[N+](=O)[O-])CC1. The van der Waals surface area contributed by atoms with Crippen LogP contribution >= 0.6 is 0 Å². The number of carbonyl (C=O) groups excluding carboxylic acids is 1. The summed E-state index contributed by atoms with van der Waals surface area (Å²) in [6.45, 7) is 5.10. The van der Waals surface area contributed by atoms with Gasteiger partial charge >= 0.3 is 5.69 Å². The quantitative estimate of drug-likeness (QED) is 0.495. The minimum absolute atomic E-state index is 0.0690. The summed E-state index contributed by atoms with van der Waals surface area (Å²) >= 11 is 0. The van der Waals surface area contributed by atoms with Crippen molar-refractivity contribution in [3.8, 4) is 0 Å². The monoisotopic (exact) mass is 280 g/mol. The van der Waals surface area contributed by atoms with E-state index in [0.717, 1.165) is 6.20 Å². The fraction of sp³-hybridized carbons (Fsp3) is 0.500. The number of likely N-dealkylation sites (tertiary alicyclic amines) is 1. The highest BCUT2D eigenvalue weighted by molar-refractivity contribution is 5.96. The molecule has 2 heterocycles. The average molecular weight is 280 g/mol. The second-order valence-corrected chi connectivity index (χ2v) is 4.50. The van der Waals surface area contributed by atoms with E-state index in [9.17, 15) is 14.9 Å². The fourth-order valence-corrected chi connectivity index (χ4v) is 2.16. The van der Waals surface area contributed by atoms with Crippen molar-refractivity contribution in [3.63, 3.8) is 0 Å². The number of carbonyl (C=O) groups is 1. The summed E-state index contributed by atoms with van der Waals surface area (Å²) in [6.07, 6.45) is 4.26. The third kappa shape index (κ3) is 3.02. The number of hydrogen-bond acceptors (Lipinski definition) is 5. The van der Waals surface area contributed by atoms with Crippen LogP contribution in [0.4, 0.5) is 5.69 Å². The van der Waals surface area contributed by atoms with E-state index in [2.05, 4.69) is 16.8 Å². The maximum absolute atomic E-state index is 12.2. The predicted molar refractivity (Wildman–Crippen MR) is 70.3 cm³/mol. The third-order valence-corrected chi connectivity index (χ3v) is 3.21. The van der Waals surface area contributed by atoms with E-state index in [0.29, 0.717) is 32.5 Å². The highest BCUT2D eigenvalue weighted by atomic mass is 16.6. The van der Waals surface area contributed by atoms with Gasteiger partial charge in [0.25, 0.3) is 5.91 Å². The molecule has 20 heavy (non-hydrogen) atoms. The van der Waals surface area contributed by atoms with E-state index in [4.69, 9.17) is 4.74 Å². The first kappa shape index (κ1) is 14.2. The van der Waals surface area contributed by atoms with Crippen LogP contribution in [0.5, 0.6) is 0 Å². The highest BCUT2D eigenvalue weighted by Crippen LogP contribution is 2.20. The van der Waals surface area contributed by atoms with Gasteiger partial charge in [-0.2, -0.15) is 5.10 Å². The molecule has 1 aliphatic heterocycles. The first-order chi connectivity index (χ1) is 9.63. The van der Waals surface area contributed by atoms with Gasteiger partial charge in [0.1, 0.15) is 6.20 Å². The standard InChI is InChI=1S/C12H16N4O4/c1-2-7-20-9-3-5-15(6-4-9)12(17)11-10(16(18)19)8-13-14-11/h2,8-9H,1,3-7H2,(H,13,14). The van der Waals surface area contributed by atoms with Crippen LogP contribution in [0.1, 0.15) is 23.3 Å². The zero-order valence-corrected chi connectivity index (χ0v) is 10.9. The number of amides is 1. The third-order valence-electron chi connectivity index (χ3n) is 3.21. The van der Waals surface area contributed by atoms with Gasteiger partial charge in [-0.05, 0) is 12.8 Å². The lowest BCUT2D eigenvalue weighted by atomic mass is 10.1. The van der Waals surface area contributed by atoms with Crippen molar-refractivity contribution in [2.24, 2.45) is 0 Å². The minimum Gasteiger partial charge on any atom is -0.374 e. The molecule has 8 nitrogen and oxygen atoms in total. The van der Waals surface area contributed by atoms with Crippen LogP contribution in [-0.2, 0) is 4.74 Å². The molecule has 2 rings (SSSR count). The van der Waals surface area contributed by atoms with Gasteiger partial charge in [0.15, 0.2) is 0 Å². The van der Waals surface area contributed by atoms with E-state index in [-0.39, 0.29) is 17.5 Å². The molecular weight excluding hydrogens is 264 g/mol. The van der Waals surface area contributed by atoms with Crippen LogP contribution in [0.25, 0.3) is 0 Å². The molecule has 0 spiro atoms. The van der Waals surface area contributed by atoms with Crippen LogP contribution in [0.3, 0.4) is 0 Å². The maximum atomic E-state index is 12.2. The number of rotatable bonds is 5. The highest BCUT2D eigenvalue weighted by Gasteiger charge is 2.30. The van der Waals surface area contributed by atoms with Crippen molar-refractivity contribution in [1.29, 1.82) is 0 Å². The number of aromatic amines is 1. The first-order valence-electron chi connectivity index (χ1n) is 6.33. The molecule has 1 saturated heterocycles. The molecule has 108 valence electrons. The molecule has 0 unspecified atom stereocenters. The fourth-order valence-electron chi connectivity index (χ4n) is 2.16. The van der Waals surface area contributed by atoms with Crippen molar-refractivity contribution in [3.05, 3.63) is 34.7 Å². The zero-order valence-electron chi connectivity index (χ0n) is 10.9. The number of hydrogen-bond donors (Lipinski definition) is 1. The number of aromatic nitrogens is 2. The van der Waals surface area contributed by atoms with Crippen LogP contribution in [0.2, 0.25) is 0 Å². The Morgan fingerprint density at radius 3 is 2.95 bits per heavy atom. The predicted octanol–water partition coefficient (Wildman–Crippen LogP) is 1.13. The van der Waals surface area contributed by atoms with Crippen molar-refractivity contribution in [2.45, 2.75) is 18.9 Å². The smallest absolute Gasteiger partial charge is 0.319 e. The van der Waals surface area contributed by atoms with E-state index in [1.807, 2.05) is 0 Å². The number of H-pyrrole nitrogens is 1. The van der Waals surface area contributed by atoms with Gasteiger partial charge in [0.05, 0.1) is 17.6 Å². The Hall–Kier alpha value is -2.22. The van der Waals surface area contributed by atoms with Gasteiger partial charge in [-0.25, -0.2) is 0 Å². The van der Waals surface area contributed by atoms with Crippen LogP contribution in [-0.4, -0.2) is 51.7 Å². The van der Waals surface area contributed by atoms with Gasteiger partial charge in [-0.15, -0.1) is 6.58 Å². The zero-order chi connectivity index (χ0) is 14.5. The van der Waals surface area contributed by atoms with E-state index < -0.39 is 10.8 Å². The summed E-state index contributed by atoms with van der Waals surface area (Å²) in [4.78, 5) is 23.9. The molecule has 0 radical (unpaired) electrons. The lowest BCUT2D eigenvalue weighted by Gasteiger charge is -2.31. The first-order valence-corrected chi connectivity index (χ1v) is 6.33. The van der Waals surface area contributed by atoms with Gasteiger partial charge in [-0.1, -0.05) is 6.08 Å². The molecule has 8 heteroatoms. The van der Waals surface area contributed by atoms with Gasteiger partial charge in [0.2, 0.25) is 5.69 Å². The molecule has 0 saturated carbocycles. The molecular formula is C12H16N4O4. The molecule has 1 aliphatic rings.